The van der Waals surface area contributed by atoms with Crippen molar-refractivity contribution in [1.82, 2.24) is 0 Å². The third-order valence-corrected chi connectivity index (χ3v) is 12.2. The van der Waals surface area contributed by atoms with Gasteiger partial charge in [-0.25, -0.2) is 4.79 Å². The average molecular weight is 545 g/mol. The van der Waals surface area contributed by atoms with Gasteiger partial charge in [0.25, 0.3) is 0 Å². The molecule has 3 saturated carbocycles. The third-order valence-electron chi connectivity index (χ3n) is 12.2. The summed E-state index contributed by atoms with van der Waals surface area (Å²) in [5.41, 5.74) is -7.09. The molecule has 0 unspecified atom stereocenters. The van der Waals surface area contributed by atoms with Crippen LogP contribution in [-0.4, -0.2) is 74.3 Å². The number of rotatable bonds is 4. The first kappa shape index (κ1) is 27.1. The molecule has 214 valence electrons. The van der Waals surface area contributed by atoms with Gasteiger partial charge in [-0.05, 0) is 84.1 Å². The summed E-state index contributed by atoms with van der Waals surface area (Å²) in [4.78, 5) is 38.1. The number of hydrogen-bond donors (Lipinski definition) is 3. The van der Waals surface area contributed by atoms with Crippen LogP contribution in [0.4, 0.5) is 0 Å². The predicted octanol–water partition coefficient (Wildman–Crippen LogP) is 2.30. The smallest absolute Gasteiger partial charge is 0.334 e. The number of allylic oxidation sites excluding steroid dienone is 1. The Morgan fingerprint density at radius 1 is 1.18 bits per heavy atom. The van der Waals surface area contributed by atoms with Crippen molar-refractivity contribution in [3.63, 3.8) is 0 Å². The third kappa shape index (κ3) is 3.03. The largest absolute Gasteiger partial charge is 0.465 e. The molecular formula is C30H40O9. The van der Waals surface area contributed by atoms with Gasteiger partial charge in [0.1, 0.15) is 29.5 Å². The van der Waals surface area contributed by atoms with Crippen LogP contribution < -0.4 is 0 Å². The lowest BCUT2D eigenvalue weighted by Crippen LogP contribution is -2.75. The zero-order valence-corrected chi connectivity index (χ0v) is 23.4. The van der Waals surface area contributed by atoms with Crippen molar-refractivity contribution in [3.8, 4) is 0 Å². The molecule has 10 atom stereocenters. The fraction of sp³-hybridized carbons (Fsp3) is 0.767. The highest BCUT2D eigenvalue weighted by molar-refractivity contribution is 5.97. The van der Waals surface area contributed by atoms with Crippen LogP contribution in [-0.2, 0) is 28.6 Å². The number of fused-ring (bicyclic) bond motifs is 4. The lowest BCUT2D eigenvalue weighted by Gasteiger charge is -2.64. The van der Waals surface area contributed by atoms with E-state index in [0.29, 0.717) is 24.8 Å². The molecule has 39 heavy (non-hydrogen) atoms. The van der Waals surface area contributed by atoms with E-state index in [9.17, 15) is 29.7 Å². The maximum atomic E-state index is 13.4. The predicted molar refractivity (Wildman–Crippen MR) is 137 cm³/mol. The van der Waals surface area contributed by atoms with E-state index in [2.05, 4.69) is 0 Å². The molecule has 9 nitrogen and oxygen atoms in total. The Hall–Kier alpha value is -2.07. The maximum Gasteiger partial charge on any atom is 0.334 e. The van der Waals surface area contributed by atoms with E-state index in [1.807, 2.05) is 13.0 Å². The lowest BCUT2D eigenvalue weighted by molar-refractivity contribution is -0.297. The highest BCUT2D eigenvalue weighted by atomic mass is 16.6. The standard InChI is InChI=1S/C30H40O9/c1-16-13-22(38-24(33)17(16)2)26(5,34)30(36)12-11-28(35)20-14-23-29(39-23)9-6-7-21(32)25(29,4)19(20)8-10-27(28,30)15-37-18(3)31/h6-7,19-20,22-23,34-36H,8-15H2,1-5H3/t19-,20+,22+,23+,25-,26-,27+,28+,29+,30+/m0/s1. The van der Waals surface area contributed by atoms with Crippen molar-refractivity contribution in [3.05, 3.63) is 23.3 Å². The molecule has 0 aromatic rings. The van der Waals surface area contributed by atoms with Gasteiger partial charge < -0.3 is 29.5 Å². The minimum absolute atomic E-state index is 0.00552. The van der Waals surface area contributed by atoms with Crippen molar-refractivity contribution in [2.24, 2.45) is 22.7 Å². The summed E-state index contributed by atoms with van der Waals surface area (Å²) in [5, 5.41) is 37.6. The Labute approximate surface area is 228 Å². The number of carbonyl (C=O) groups is 3. The van der Waals surface area contributed by atoms with Gasteiger partial charge in [0.15, 0.2) is 5.78 Å². The number of ketones is 1. The highest BCUT2D eigenvalue weighted by Crippen LogP contribution is 2.75. The minimum Gasteiger partial charge on any atom is -0.465 e. The number of carbonyl (C=O) groups excluding carboxylic acids is 3. The molecule has 0 radical (unpaired) electrons. The van der Waals surface area contributed by atoms with Crippen molar-refractivity contribution in [1.29, 1.82) is 0 Å². The number of epoxide rings is 1. The first-order valence-corrected chi connectivity index (χ1v) is 14.2. The van der Waals surface area contributed by atoms with Gasteiger partial charge >= 0.3 is 11.9 Å². The second kappa shape index (κ2) is 8.02. The summed E-state index contributed by atoms with van der Waals surface area (Å²) in [5.74, 6) is -1.75. The Balaban J connectivity index is 1.44. The summed E-state index contributed by atoms with van der Waals surface area (Å²) < 4.78 is 17.5. The zero-order chi connectivity index (χ0) is 28.4. The number of ether oxygens (including phenoxy) is 3. The monoisotopic (exact) mass is 544 g/mol. The van der Waals surface area contributed by atoms with Crippen LogP contribution in [0.3, 0.4) is 0 Å². The van der Waals surface area contributed by atoms with E-state index in [1.54, 1.807) is 19.9 Å². The fourth-order valence-corrected chi connectivity index (χ4v) is 9.64. The Morgan fingerprint density at radius 2 is 1.90 bits per heavy atom. The van der Waals surface area contributed by atoms with Gasteiger partial charge in [0, 0.05) is 18.9 Å². The zero-order valence-electron chi connectivity index (χ0n) is 23.4. The summed E-state index contributed by atoms with van der Waals surface area (Å²) in [6.07, 6.45) is 4.49. The average Bonchev–Trinajstić information content (AvgIpc) is 3.52. The second-order valence-electron chi connectivity index (χ2n) is 13.5. The molecule has 6 rings (SSSR count). The Kier molecular flexibility index (Phi) is 5.58. The van der Waals surface area contributed by atoms with Gasteiger partial charge in [-0.2, -0.15) is 0 Å². The van der Waals surface area contributed by atoms with Crippen LogP contribution in [0.25, 0.3) is 0 Å². The summed E-state index contributed by atoms with van der Waals surface area (Å²) in [7, 11) is 0. The van der Waals surface area contributed by atoms with Crippen molar-refractivity contribution < 1.29 is 43.9 Å². The molecule has 3 N–H and O–H groups in total. The van der Waals surface area contributed by atoms with Gasteiger partial charge in [-0.1, -0.05) is 11.6 Å². The molecule has 4 aliphatic carbocycles. The van der Waals surface area contributed by atoms with Crippen LogP contribution in [0.5, 0.6) is 0 Å². The van der Waals surface area contributed by atoms with E-state index < -0.39 is 57.2 Å². The molecule has 2 aliphatic heterocycles. The topological polar surface area (TPSA) is 143 Å². The summed E-state index contributed by atoms with van der Waals surface area (Å²) >= 11 is 0. The van der Waals surface area contributed by atoms with Crippen LogP contribution in [0.2, 0.25) is 0 Å². The van der Waals surface area contributed by atoms with Crippen molar-refractivity contribution in [2.45, 2.75) is 114 Å². The van der Waals surface area contributed by atoms with Gasteiger partial charge in [-0.3, -0.25) is 9.59 Å². The maximum absolute atomic E-state index is 13.4. The van der Waals surface area contributed by atoms with Crippen molar-refractivity contribution in [2.75, 3.05) is 6.61 Å². The van der Waals surface area contributed by atoms with Gasteiger partial charge in [0.05, 0.1) is 22.5 Å². The van der Waals surface area contributed by atoms with E-state index in [4.69, 9.17) is 14.2 Å². The first-order valence-electron chi connectivity index (χ1n) is 14.2. The minimum atomic E-state index is -1.97. The molecule has 4 fully saturated rings. The summed E-state index contributed by atoms with van der Waals surface area (Å²) in [6, 6.07) is 0. The Morgan fingerprint density at radius 3 is 2.56 bits per heavy atom. The molecule has 0 bridgehead atoms. The molecule has 6 aliphatic rings. The number of aliphatic hydroxyl groups is 3. The molecule has 0 aromatic carbocycles. The van der Waals surface area contributed by atoms with Crippen molar-refractivity contribution >= 4 is 17.7 Å². The normalized spacial score (nSPS) is 49.7. The molecule has 9 heteroatoms. The first-order chi connectivity index (χ1) is 18.1. The lowest BCUT2D eigenvalue weighted by atomic mass is 9.42. The van der Waals surface area contributed by atoms with Gasteiger partial charge in [0.2, 0.25) is 0 Å². The Bertz CT molecular complexity index is 1220. The van der Waals surface area contributed by atoms with E-state index in [-0.39, 0.29) is 50.1 Å². The molecule has 0 aromatic heterocycles. The van der Waals surface area contributed by atoms with E-state index in [0.717, 1.165) is 5.57 Å². The molecule has 0 amide bonds. The molecular weight excluding hydrogens is 504 g/mol. The van der Waals surface area contributed by atoms with Crippen LogP contribution in [0.15, 0.2) is 23.3 Å². The van der Waals surface area contributed by atoms with Crippen LogP contribution in [0, 0.1) is 22.7 Å². The van der Waals surface area contributed by atoms with E-state index in [1.165, 1.54) is 13.8 Å². The summed E-state index contributed by atoms with van der Waals surface area (Å²) in [6.45, 7) is 7.85. The number of cyclic esters (lactones) is 1. The molecule has 1 saturated heterocycles. The van der Waals surface area contributed by atoms with Gasteiger partial charge in [-0.15, -0.1) is 0 Å². The fourth-order valence-electron chi connectivity index (χ4n) is 9.64. The second-order valence-corrected chi connectivity index (χ2v) is 13.5. The van der Waals surface area contributed by atoms with Crippen LogP contribution in [0.1, 0.15) is 79.6 Å². The highest BCUT2D eigenvalue weighted by Gasteiger charge is 2.83. The molecule has 1 spiro atoms. The number of hydrogen-bond acceptors (Lipinski definition) is 9. The van der Waals surface area contributed by atoms with Crippen LogP contribution >= 0.6 is 0 Å². The SMILES string of the molecule is CC(=O)OC[C@]12CC[C@H]3[C@@H](C[C@H]4O[C@]45CC=CC(=O)[C@]35C)[C@]1(O)CC[C@@]2(O)[C@@](C)(O)[C@H]1CC(C)=C(C)C(=O)O1. The quantitative estimate of drug-likeness (QED) is 0.359. The molecule has 2 heterocycles. The van der Waals surface area contributed by atoms with E-state index >= 15 is 0 Å². The number of esters is 2.